The third kappa shape index (κ3) is 3.42. The van der Waals surface area contributed by atoms with Crippen molar-refractivity contribution in [1.82, 2.24) is 5.32 Å². The van der Waals surface area contributed by atoms with Gasteiger partial charge in [-0.15, -0.1) is 0 Å². The molecule has 0 bridgehead atoms. The molecule has 6 heteroatoms. The van der Waals surface area contributed by atoms with Gasteiger partial charge in [0.25, 0.3) is 5.69 Å². The van der Waals surface area contributed by atoms with Crippen molar-refractivity contribution in [3.8, 4) is 0 Å². The topological polar surface area (TPSA) is 92.5 Å². The number of nitro benzene ring substituents is 1. The SMILES string of the molecule is O=C(/C=C/c1ccccc1[N+](=O)[O-])NCC1(CO)CC1. The van der Waals surface area contributed by atoms with Crippen LogP contribution in [0.4, 0.5) is 5.69 Å². The number of hydrogen-bond donors (Lipinski definition) is 2. The summed E-state index contributed by atoms with van der Waals surface area (Å²) in [4.78, 5) is 22.0. The Labute approximate surface area is 116 Å². The van der Waals surface area contributed by atoms with Gasteiger partial charge in [0.1, 0.15) is 0 Å². The molecule has 20 heavy (non-hydrogen) atoms. The monoisotopic (exact) mass is 276 g/mol. The van der Waals surface area contributed by atoms with E-state index in [1.165, 1.54) is 18.2 Å². The second-order valence-electron chi connectivity index (χ2n) is 5.03. The van der Waals surface area contributed by atoms with Gasteiger partial charge in [-0.1, -0.05) is 12.1 Å². The Hall–Kier alpha value is -2.21. The van der Waals surface area contributed by atoms with Gasteiger partial charge in [0.2, 0.25) is 5.91 Å². The predicted octanol–water partition coefficient (Wildman–Crippen LogP) is 1.50. The lowest BCUT2D eigenvalue weighted by atomic mass is 10.1. The van der Waals surface area contributed by atoms with Gasteiger partial charge in [0.05, 0.1) is 17.1 Å². The number of aliphatic hydroxyl groups excluding tert-OH is 1. The third-order valence-corrected chi connectivity index (χ3v) is 3.48. The molecule has 0 radical (unpaired) electrons. The van der Waals surface area contributed by atoms with Crippen LogP contribution >= 0.6 is 0 Å². The van der Waals surface area contributed by atoms with Gasteiger partial charge < -0.3 is 10.4 Å². The number of rotatable bonds is 6. The summed E-state index contributed by atoms with van der Waals surface area (Å²) in [5, 5.41) is 22.6. The summed E-state index contributed by atoms with van der Waals surface area (Å²) < 4.78 is 0. The summed E-state index contributed by atoms with van der Waals surface area (Å²) in [6, 6.07) is 6.23. The van der Waals surface area contributed by atoms with Gasteiger partial charge in [-0.3, -0.25) is 14.9 Å². The van der Waals surface area contributed by atoms with E-state index in [1.54, 1.807) is 18.2 Å². The number of para-hydroxylation sites is 1. The summed E-state index contributed by atoms with van der Waals surface area (Å²) in [6.07, 6.45) is 4.52. The van der Waals surface area contributed by atoms with E-state index in [4.69, 9.17) is 5.11 Å². The summed E-state index contributed by atoms with van der Waals surface area (Å²) in [7, 11) is 0. The number of benzene rings is 1. The number of carbonyl (C=O) groups is 1. The van der Waals surface area contributed by atoms with Gasteiger partial charge in [-0.25, -0.2) is 0 Å². The van der Waals surface area contributed by atoms with E-state index in [0.29, 0.717) is 12.1 Å². The molecule has 106 valence electrons. The zero-order valence-electron chi connectivity index (χ0n) is 10.9. The van der Waals surface area contributed by atoms with Crippen molar-refractivity contribution in [3.05, 3.63) is 46.0 Å². The number of nitrogens with one attached hydrogen (secondary N) is 1. The molecule has 0 spiro atoms. The minimum Gasteiger partial charge on any atom is -0.396 e. The summed E-state index contributed by atoms with van der Waals surface area (Å²) in [6.45, 7) is 0.505. The van der Waals surface area contributed by atoms with Crippen molar-refractivity contribution < 1.29 is 14.8 Å². The molecule has 1 aromatic carbocycles. The van der Waals surface area contributed by atoms with Crippen molar-refractivity contribution in [1.29, 1.82) is 0 Å². The van der Waals surface area contributed by atoms with E-state index in [1.807, 2.05) is 0 Å². The molecule has 1 aliphatic rings. The van der Waals surface area contributed by atoms with Crippen LogP contribution in [0.2, 0.25) is 0 Å². The molecule has 1 saturated carbocycles. The first-order chi connectivity index (χ1) is 9.56. The second kappa shape index (κ2) is 5.83. The lowest BCUT2D eigenvalue weighted by molar-refractivity contribution is -0.385. The van der Waals surface area contributed by atoms with Gasteiger partial charge in [0, 0.05) is 24.1 Å². The Morgan fingerprint density at radius 3 is 2.75 bits per heavy atom. The maximum atomic E-state index is 11.6. The fourth-order valence-electron chi connectivity index (χ4n) is 1.86. The number of aliphatic hydroxyl groups is 1. The zero-order chi connectivity index (χ0) is 14.6. The van der Waals surface area contributed by atoms with Crippen LogP contribution in [0, 0.1) is 15.5 Å². The fourth-order valence-corrected chi connectivity index (χ4v) is 1.86. The third-order valence-electron chi connectivity index (χ3n) is 3.48. The average Bonchev–Trinajstić information content (AvgIpc) is 3.24. The first kappa shape index (κ1) is 14.2. The Bertz CT molecular complexity index is 550. The van der Waals surface area contributed by atoms with Gasteiger partial charge in [-0.2, -0.15) is 0 Å². The first-order valence-corrected chi connectivity index (χ1v) is 6.36. The van der Waals surface area contributed by atoms with E-state index in [2.05, 4.69) is 5.32 Å². The van der Waals surface area contributed by atoms with Gasteiger partial charge in [-0.05, 0) is 25.0 Å². The molecule has 0 heterocycles. The van der Waals surface area contributed by atoms with E-state index >= 15 is 0 Å². The van der Waals surface area contributed by atoms with Crippen molar-refractivity contribution in [3.63, 3.8) is 0 Å². The van der Waals surface area contributed by atoms with E-state index < -0.39 is 4.92 Å². The molecule has 0 atom stereocenters. The van der Waals surface area contributed by atoms with Crippen LogP contribution in [0.5, 0.6) is 0 Å². The van der Waals surface area contributed by atoms with Crippen LogP contribution in [0.3, 0.4) is 0 Å². The average molecular weight is 276 g/mol. The number of carbonyl (C=O) groups excluding carboxylic acids is 1. The van der Waals surface area contributed by atoms with Crippen LogP contribution in [-0.2, 0) is 4.79 Å². The van der Waals surface area contributed by atoms with Crippen molar-refractivity contribution in [2.45, 2.75) is 12.8 Å². The molecular weight excluding hydrogens is 260 g/mol. The Balaban J connectivity index is 1.95. The van der Waals surface area contributed by atoms with E-state index in [-0.39, 0.29) is 23.6 Å². The van der Waals surface area contributed by atoms with Gasteiger partial charge >= 0.3 is 0 Å². The number of nitrogens with zero attached hydrogens (tertiary/aromatic N) is 1. The molecule has 1 aliphatic carbocycles. The smallest absolute Gasteiger partial charge is 0.276 e. The highest BCUT2D eigenvalue weighted by atomic mass is 16.6. The number of hydrogen-bond acceptors (Lipinski definition) is 4. The van der Waals surface area contributed by atoms with E-state index in [9.17, 15) is 14.9 Å². The Morgan fingerprint density at radius 1 is 1.45 bits per heavy atom. The van der Waals surface area contributed by atoms with Crippen LogP contribution in [-0.4, -0.2) is 29.1 Å². The van der Waals surface area contributed by atoms with Crippen LogP contribution in [0.25, 0.3) is 6.08 Å². The lowest BCUT2D eigenvalue weighted by Gasteiger charge is -2.11. The molecular formula is C14H16N2O4. The minimum atomic E-state index is -0.484. The predicted molar refractivity (Wildman–Crippen MR) is 73.9 cm³/mol. The van der Waals surface area contributed by atoms with Crippen LogP contribution < -0.4 is 5.32 Å². The Kier molecular flexibility index (Phi) is 4.14. The zero-order valence-corrected chi connectivity index (χ0v) is 10.9. The molecule has 2 rings (SSSR count). The minimum absolute atomic E-state index is 0.0365. The molecule has 1 aromatic rings. The molecule has 1 fully saturated rings. The molecule has 1 amide bonds. The maximum Gasteiger partial charge on any atom is 0.276 e. The lowest BCUT2D eigenvalue weighted by Crippen LogP contribution is -2.30. The summed E-state index contributed by atoms with van der Waals surface area (Å²) in [5.41, 5.74) is 0.198. The molecule has 0 unspecified atom stereocenters. The molecule has 2 N–H and O–H groups in total. The molecule has 0 aromatic heterocycles. The highest BCUT2D eigenvalue weighted by Gasteiger charge is 2.41. The van der Waals surface area contributed by atoms with Crippen LogP contribution in [0.15, 0.2) is 30.3 Å². The van der Waals surface area contributed by atoms with Gasteiger partial charge in [0.15, 0.2) is 0 Å². The van der Waals surface area contributed by atoms with Crippen molar-refractivity contribution in [2.75, 3.05) is 13.2 Å². The fraction of sp³-hybridized carbons (Fsp3) is 0.357. The normalized spacial score (nSPS) is 16.1. The number of nitro groups is 1. The maximum absolute atomic E-state index is 11.6. The molecule has 0 aliphatic heterocycles. The first-order valence-electron chi connectivity index (χ1n) is 6.36. The van der Waals surface area contributed by atoms with Crippen LogP contribution in [0.1, 0.15) is 18.4 Å². The van der Waals surface area contributed by atoms with Crippen molar-refractivity contribution in [2.24, 2.45) is 5.41 Å². The quantitative estimate of drug-likeness (QED) is 0.468. The second-order valence-corrected chi connectivity index (χ2v) is 5.03. The molecule has 6 nitrogen and oxygen atoms in total. The summed E-state index contributed by atoms with van der Waals surface area (Å²) >= 11 is 0. The largest absolute Gasteiger partial charge is 0.396 e. The standard InChI is InChI=1S/C14H16N2O4/c17-10-14(7-8-14)9-15-13(18)6-5-11-3-1-2-4-12(11)16(19)20/h1-6,17H,7-10H2,(H,15,18)/b6-5+. The molecule has 0 saturated heterocycles. The van der Waals surface area contributed by atoms with Crippen molar-refractivity contribution >= 4 is 17.7 Å². The Morgan fingerprint density at radius 2 is 2.15 bits per heavy atom. The highest BCUT2D eigenvalue weighted by molar-refractivity contribution is 5.92. The summed E-state index contributed by atoms with van der Waals surface area (Å²) in [5.74, 6) is -0.317. The highest BCUT2D eigenvalue weighted by Crippen LogP contribution is 2.44. The van der Waals surface area contributed by atoms with E-state index in [0.717, 1.165) is 12.8 Å². The number of amides is 1.